The molecule has 1 N–H and O–H groups in total. The van der Waals surface area contributed by atoms with Crippen molar-refractivity contribution in [2.75, 3.05) is 49.6 Å². The average molecular weight is 406 g/mol. The first-order valence-electron chi connectivity index (χ1n) is 10.5. The van der Waals surface area contributed by atoms with Crippen molar-refractivity contribution in [2.45, 2.75) is 58.5 Å². The van der Waals surface area contributed by atoms with Crippen LogP contribution < -0.4 is 9.80 Å². The lowest BCUT2D eigenvalue weighted by Crippen LogP contribution is -2.54. The van der Waals surface area contributed by atoms with Crippen LogP contribution in [0.15, 0.2) is 18.2 Å². The van der Waals surface area contributed by atoms with Crippen LogP contribution in [-0.4, -0.2) is 73.7 Å². The Kier molecular flexibility index (Phi) is 6.58. The number of hydrogen-bond donors (Lipinski definition) is 1. The molecule has 2 aliphatic heterocycles. The number of benzene rings is 1. The zero-order valence-corrected chi connectivity index (χ0v) is 18.4. The number of aliphatic hydroxyl groups is 1. The van der Waals surface area contributed by atoms with Crippen molar-refractivity contribution >= 4 is 17.5 Å². The van der Waals surface area contributed by atoms with Gasteiger partial charge in [0.25, 0.3) is 0 Å². The van der Waals surface area contributed by atoms with Crippen molar-refractivity contribution < 1.29 is 19.4 Å². The molecule has 7 heteroatoms. The largest absolute Gasteiger partial charge is 0.444 e. The topological polar surface area (TPSA) is 65.5 Å². The quantitative estimate of drug-likeness (QED) is 0.831. The molecule has 3 rings (SSSR count). The number of ether oxygens (including phenoxy) is 2. The van der Waals surface area contributed by atoms with E-state index in [-0.39, 0.29) is 18.2 Å². The van der Waals surface area contributed by atoms with E-state index in [1.807, 2.05) is 20.8 Å². The monoisotopic (exact) mass is 405 g/mol. The second-order valence-electron chi connectivity index (χ2n) is 9.10. The Morgan fingerprint density at radius 1 is 1.21 bits per heavy atom. The third kappa shape index (κ3) is 5.34. The van der Waals surface area contributed by atoms with Crippen LogP contribution in [0.25, 0.3) is 0 Å². The number of hydrogen-bond acceptors (Lipinski definition) is 6. The molecule has 2 fully saturated rings. The van der Waals surface area contributed by atoms with Crippen molar-refractivity contribution in [1.82, 2.24) is 4.90 Å². The van der Waals surface area contributed by atoms with Gasteiger partial charge in [-0.25, -0.2) is 4.79 Å². The van der Waals surface area contributed by atoms with E-state index < -0.39 is 5.60 Å². The summed E-state index contributed by atoms with van der Waals surface area (Å²) in [5.74, 6) is 0. The number of methoxy groups -OCH3 is 1. The predicted molar refractivity (Wildman–Crippen MR) is 115 cm³/mol. The van der Waals surface area contributed by atoms with Crippen molar-refractivity contribution in [3.05, 3.63) is 23.8 Å². The van der Waals surface area contributed by atoms with Gasteiger partial charge >= 0.3 is 6.09 Å². The lowest BCUT2D eigenvalue weighted by Gasteiger charge is -2.41. The first-order chi connectivity index (χ1) is 13.7. The second-order valence-corrected chi connectivity index (χ2v) is 9.10. The molecule has 0 aliphatic carbocycles. The molecule has 2 aliphatic rings. The summed E-state index contributed by atoms with van der Waals surface area (Å²) in [5, 5.41) is 9.89. The van der Waals surface area contributed by atoms with Gasteiger partial charge in [-0.05, 0) is 52.3 Å². The van der Waals surface area contributed by atoms with E-state index in [2.05, 4.69) is 34.9 Å². The highest BCUT2D eigenvalue weighted by molar-refractivity contribution is 5.69. The molecule has 0 spiro atoms. The van der Waals surface area contributed by atoms with Crippen molar-refractivity contribution in [2.24, 2.45) is 0 Å². The van der Waals surface area contributed by atoms with Crippen LogP contribution in [0.1, 0.15) is 39.7 Å². The fourth-order valence-electron chi connectivity index (χ4n) is 4.12. The Labute approximate surface area is 174 Å². The number of β-amino-alcohol motifs (C(OH)–C–C–N with tert-alkyl or cyclic N) is 1. The number of piperazine rings is 1. The summed E-state index contributed by atoms with van der Waals surface area (Å²) in [4.78, 5) is 18.8. The molecule has 2 heterocycles. The lowest BCUT2D eigenvalue weighted by atomic mass is 10.1. The summed E-state index contributed by atoms with van der Waals surface area (Å²) in [6.45, 7) is 11.9. The van der Waals surface area contributed by atoms with Crippen LogP contribution in [0.2, 0.25) is 0 Å². The molecule has 0 aromatic heterocycles. The van der Waals surface area contributed by atoms with Crippen LogP contribution in [0, 0.1) is 0 Å². The summed E-state index contributed by atoms with van der Waals surface area (Å²) in [5.41, 5.74) is 2.91. The summed E-state index contributed by atoms with van der Waals surface area (Å²) >= 11 is 0. The first kappa shape index (κ1) is 21.7. The zero-order valence-electron chi connectivity index (χ0n) is 18.4. The standard InChI is InChI=1S/C22H35N3O4/c1-16-13-24(21(27)29-22(2,3)4)10-11-25(16)18-6-7-20(17(12-18)15-28-5)23-9-8-19(26)14-23/h6-7,12,16,19,26H,8-11,13-15H2,1-5H3/t16-,19-/m1/s1. The molecule has 1 aromatic carbocycles. The Morgan fingerprint density at radius 2 is 1.97 bits per heavy atom. The Hall–Kier alpha value is -1.99. The van der Waals surface area contributed by atoms with E-state index in [0.29, 0.717) is 26.2 Å². The maximum atomic E-state index is 12.4. The highest BCUT2D eigenvalue weighted by atomic mass is 16.6. The molecule has 2 atom stereocenters. The number of nitrogens with zero attached hydrogens (tertiary/aromatic N) is 3. The predicted octanol–water partition coefficient (Wildman–Crippen LogP) is 2.85. The van der Waals surface area contributed by atoms with Crippen LogP contribution in [0.5, 0.6) is 0 Å². The van der Waals surface area contributed by atoms with E-state index in [9.17, 15) is 9.90 Å². The van der Waals surface area contributed by atoms with Gasteiger partial charge < -0.3 is 29.3 Å². The molecule has 0 saturated carbocycles. The van der Waals surface area contributed by atoms with Gasteiger partial charge in [-0.2, -0.15) is 0 Å². The van der Waals surface area contributed by atoms with Gasteiger partial charge in [-0.3, -0.25) is 0 Å². The summed E-state index contributed by atoms with van der Waals surface area (Å²) in [7, 11) is 1.71. The summed E-state index contributed by atoms with van der Waals surface area (Å²) in [6, 6.07) is 6.64. The number of rotatable bonds is 4. The van der Waals surface area contributed by atoms with Gasteiger partial charge in [0.05, 0.1) is 12.7 Å². The van der Waals surface area contributed by atoms with Gasteiger partial charge in [0.1, 0.15) is 5.60 Å². The van der Waals surface area contributed by atoms with Gasteiger partial charge in [0.2, 0.25) is 0 Å². The second kappa shape index (κ2) is 8.79. The lowest BCUT2D eigenvalue weighted by molar-refractivity contribution is 0.0219. The number of aliphatic hydroxyl groups excluding tert-OH is 1. The zero-order chi connectivity index (χ0) is 21.2. The van der Waals surface area contributed by atoms with E-state index in [4.69, 9.17) is 9.47 Å². The van der Waals surface area contributed by atoms with Crippen LogP contribution in [0.4, 0.5) is 16.2 Å². The van der Waals surface area contributed by atoms with Gasteiger partial charge in [-0.15, -0.1) is 0 Å². The highest BCUT2D eigenvalue weighted by Gasteiger charge is 2.30. The minimum absolute atomic E-state index is 0.186. The van der Waals surface area contributed by atoms with E-state index in [1.54, 1.807) is 12.0 Å². The van der Waals surface area contributed by atoms with Crippen molar-refractivity contribution in [3.8, 4) is 0 Å². The molecule has 0 bridgehead atoms. The minimum Gasteiger partial charge on any atom is -0.444 e. The average Bonchev–Trinajstić information content (AvgIpc) is 3.06. The van der Waals surface area contributed by atoms with Gasteiger partial charge in [0.15, 0.2) is 0 Å². The molecule has 2 saturated heterocycles. The van der Waals surface area contributed by atoms with Crippen LogP contribution >= 0.6 is 0 Å². The molecule has 7 nitrogen and oxygen atoms in total. The third-order valence-corrected chi connectivity index (χ3v) is 5.48. The molecule has 1 aromatic rings. The smallest absolute Gasteiger partial charge is 0.410 e. The highest BCUT2D eigenvalue weighted by Crippen LogP contribution is 2.31. The molecule has 0 unspecified atom stereocenters. The molecule has 0 radical (unpaired) electrons. The molecular formula is C22H35N3O4. The Balaban J connectivity index is 1.72. The van der Waals surface area contributed by atoms with Gasteiger partial charge in [0, 0.05) is 62.8 Å². The summed E-state index contributed by atoms with van der Waals surface area (Å²) < 4.78 is 11.0. The van der Waals surface area contributed by atoms with Crippen molar-refractivity contribution in [3.63, 3.8) is 0 Å². The molecular weight excluding hydrogens is 370 g/mol. The first-order valence-corrected chi connectivity index (χ1v) is 10.5. The van der Waals surface area contributed by atoms with Gasteiger partial charge in [-0.1, -0.05) is 0 Å². The fourth-order valence-corrected chi connectivity index (χ4v) is 4.12. The molecule has 1 amide bonds. The van der Waals surface area contributed by atoms with E-state index in [1.165, 1.54) is 0 Å². The fraction of sp³-hybridized carbons (Fsp3) is 0.682. The molecule has 162 valence electrons. The third-order valence-electron chi connectivity index (χ3n) is 5.48. The summed E-state index contributed by atoms with van der Waals surface area (Å²) in [6.07, 6.45) is 0.302. The normalized spacial score (nSPS) is 22.9. The van der Waals surface area contributed by atoms with Crippen LogP contribution in [0.3, 0.4) is 0 Å². The maximum absolute atomic E-state index is 12.4. The Morgan fingerprint density at radius 3 is 2.55 bits per heavy atom. The molecule has 29 heavy (non-hydrogen) atoms. The number of anilines is 2. The number of carbonyl (C=O) groups is 1. The Bertz CT molecular complexity index is 718. The minimum atomic E-state index is -0.481. The number of amides is 1. The number of carbonyl (C=O) groups excluding carboxylic acids is 1. The van der Waals surface area contributed by atoms with E-state index >= 15 is 0 Å². The maximum Gasteiger partial charge on any atom is 0.410 e. The van der Waals surface area contributed by atoms with E-state index in [0.717, 1.165) is 36.4 Å². The SMILES string of the molecule is COCc1cc(N2CCN(C(=O)OC(C)(C)C)C[C@H]2C)ccc1N1CC[C@@H](O)C1. The van der Waals surface area contributed by atoms with Crippen molar-refractivity contribution in [1.29, 1.82) is 0 Å². The van der Waals surface area contributed by atoms with Crippen LogP contribution in [-0.2, 0) is 16.1 Å².